The van der Waals surface area contributed by atoms with Crippen molar-refractivity contribution >= 4 is 27.5 Å². The molecule has 0 aliphatic carbocycles. The predicted octanol–water partition coefficient (Wildman–Crippen LogP) is 4.18. The van der Waals surface area contributed by atoms with Crippen molar-refractivity contribution in [1.82, 2.24) is 0 Å². The van der Waals surface area contributed by atoms with Crippen LogP contribution in [0, 0.1) is 0 Å². The summed E-state index contributed by atoms with van der Waals surface area (Å²) in [5.41, 5.74) is 1.64. The second-order valence-electron chi connectivity index (χ2n) is 4.14. The Morgan fingerprint density at radius 1 is 1.25 bits per heavy atom. The van der Waals surface area contributed by atoms with Crippen LogP contribution in [-0.2, 0) is 13.2 Å². The molecule has 0 fully saturated rings. The third kappa shape index (κ3) is 3.45. The van der Waals surface area contributed by atoms with Gasteiger partial charge in [0.25, 0.3) is 0 Å². The van der Waals surface area contributed by atoms with Gasteiger partial charge in [0.2, 0.25) is 0 Å². The van der Waals surface area contributed by atoms with Crippen molar-refractivity contribution < 1.29 is 14.6 Å². The molecule has 0 bridgehead atoms. The standard InChI is InChI=1S/C15H14BrClO3/c1-19-14-6-5-10(7-12(14)16)9-20-15-11(8-18)3-2-4-13(15)17/h2-7,18H,8-9H2,1H3. The minimum absolute atomic E-state index is 0.109. The topological polar surface area (TPSA) is 38.7 Å². The smallest absolute Gasteiger partial charge is 0.143 e. The molecule has 0 heterocycles. The van der Waals surface area contributed by atoms with Crippen molar-refractivity contribution in [3.63, 3.8) is 0 Å². The van der Waals surface area contributed by atoms with Gasteiger partial charge in [-0.1, -0.05) is 29.8 Å². The number of ether oxygens (including phenoxy) is 2. The molecule has 2 aromatic rings. The van der Waals surface area contributed by atoms with Crippen LogP contribution in [0.25, 0.3) is 0 Å². The molecule has 0 aliphatic heterocycles. The van der Waals surface area contributed by atoms with Crippen LogP contribution in [0.1, 0.15) is 11.1 Å². The van der Waals surface area contributed by atoms with E-state index < -0.39 is 0 Å². The summed E-state index contributed by atoms with van der Waals surface area (Å²) in [5, 5.41) is 9.78. The lowest BCUT2D eigenvalue weighted by Crippen LogP contribution is -2.00. The number of rotatable bonds is 5. The summed E-state index contributed by atoms with van der Waals surface area (Å²) in [7, 11) is 1.62. The molecular weight excluding hydrogens is 344 g/mol. The van der Waals surface area contributed by atoms with Crippen molar-refractivity contribution in [2.75, 3.05) is 7.11 Å². The summed E-state index contributed by atoms with van der Waals surface area (Å²) in [6.07, 6.45) is 0. The first kappa shape index (κ1) is 15.2. The molecular formula is C15H14BrClO3. The van der Waals surface area contributed by atoms with Crippen molar-refractivity contribution in [2.45, 2.75) is 13.2 Å². The highest BCUT2D eigenvalue weighted by Crippen LogP contribution is 2.30. The van der Waals surface area contributed by atoms with Crippen LogP contribution in [0.4, 0.5) is 0 Å². The molecule has 0 amide bonds. The fraction of sp³-hybridized carbons (Fsp3) is 0.200. The molecule has 0 aromatic heterocycles. The average molecular weight is 358 g/mol. The van der Waals surface area contributed by atoms with Gasteiger partial charge in [-0.05, 0) is 39.7 Å². The average Bonchev–Trinajstić information content (AvgIpc) is 2.46. The first-order chi connectivity index (χ1) is 9.65. The number of hydrogen-bond acceptors (Lipinski definition) is 3. The van der Waals surface area contributed by atoms with E-state index >= 15 is 0 Å². The minimum atomic E-state index is -0.109. The minimum Gasteiger partial charge on any atom is -0.496 e. The molecule has 3 nitrogen and oxygen atoms in total. The van der Waals surface area contributed by atoms with Crippen molar-refractivity contribution in [3.05, 3.63) is 57.0 Å². The van der Waals surface area contributed by atoms with Gasteiger partial charge in [-0.3, -0.25) is 0 Å². The number of aliphatic hydroxyl groups excluding tert-OH is 1. The molecule has 20 heavy (non-hydrogen) atoms. The Hall–Kier alpha value is -1.23. The molecule has 1 N–H and O–H groups in total. The van der Waals surface area contributed by atoms with Crippen LogP contribution in [0.15, 0.2) is 40.9 Å². The van der Waals surface area contributed by atoms with E-state index in [1.165, 1.54) is 0 Å². The van der Waals surface area contributed by atoms with Crippen LogP contribution >= 0.6 is 27.5 Å². The van der Waals surface area contributed by atoms with Crippen LogP contribution in [0.5, 0.6) is 11.5 Å². The normalized spacial score (nSPS) is 10.4. The van der Waals surface area contributed by atoms with E-state index in [0.29, 0.717) is 22.9 Å². The Morgan fingerprint density at radius 3 is 2.70 bits per heavy atom. The molecule has 0 spiro atoms. The maximum absolute atomic E-state index is 9.29. The van der Waals surface area contributed by atoms with Gasteiger partial charge in [0.15, 0.2) is 0 Å². The summed E-state index contributed by atoms with van der Waals surface area (Å²) in [6.45, 7) is 0.252. The molecule has 2 rings (SSSR count). The van der Waals surface area contributed by atoms with E-state index in [9.17, 15) is 5.11 Å². The summed E-state index contributed by atoms with van der Waals surface area (Å²) < 4.78 is 11.8. The van der Waals surface area contributed by atoms with E-state index in [0.717, 1.165) is 15.8 Å². The highest BCUT2D eigenvalue weighted by atomic mass is 79.9. The van der Waals surface area contributed by atoms with Gasteiger partial charge in [0.1, 0.15) is 18.1 Å². The second kappa shape index (κ2) is 6.97. The zero-order valence-corrected chi connectivity index (χ0v) is 13.2. The number of aliphatic hydroxyl groups is 1. The molecule has 0 saturated heterocycles. The Balaban J connectivity index is 2.15. The van der Waals surface area contributed by atoms with E-state index in [1.54, 1.807) is 25.3 Å². The van der Waals surface area contributed by atoms with E-state index in [2.05, 4.69) is 15.9 Å². The molecule has 5 heteroatoms. The first-order valence-electron chi connectivity index (χ1n) is 5.99. The van der Waals surface area contributed by atoms with Crippen LogP contribution < -0.4 is 9.47 Å². The van der Waals surface area contributed by atoms with Gasteiger partial charge in [0.05, 0.1) is 23.2 Å². The van der Waals surface area contributed by atoms with Crippen molar-refractivity contribution in [2.24, 2.45) is 0 Å². The van der Waals surface area contributed by atoms with Gasteiger partial charge >= 0.3 is 0 Å². The zero-order chi connectivity index (χ0) is 14.5. The number of para-hydroxylation sites is 1. The molecule has 0 radical (unpaired) electrons. The van der Waals surface area contributed by atoms with Crippen LogP contribution in [0.3, 0.4) is 0 Å². The Kier molecular flexibility index (Phi) is 5.29. The van der Waals surface area contributed by atoms with Gasteiger partial charge in [0, 0.05) is 5.56 Å². The molecule has 0 aliphatic rings. The zero-order valence-electron chi connectivity index (χ0n) is 10.9. The monoisotopic (exact) mass is 356 g/mol. The third-order valence-corrected chi connectivity index (χ3v) is 3.74. The summed E-state index contributed by atoms with van der Waals surface area (Å²) in [6, 6.07) is 11.0. The van der Waals surface area contributed by atoms with Crippen LogP contribution in [0.2, 0.25) is 5.02 Å². The Bertz CT molecular complexity index is 602. The Labute approximate surface area is 131 Å². The van der Waals surface area contributed by atoms with Crippen LogP contribution in [-0.4, -0.2) is 12.2 Å². The lowest BCUT2D eigenvalue weighted by Gasteiger charge is -2.12. The molecule has 0 saturated carbocycles. The predicted molar refractivity (Wildman–Crippen MR) is 82.4 cm³/mol. The second-order valence-corrected chi connectivity index (χ2v) is 5.41. The molecule has 0 unspecified atom stereocenters. The highest BCUT2D eigenvalue weighted by molar-refractivity contribution is 9.10. The van der Waals surface area contributed by atoms with Gasteiger partial charge in [-0.15, -0.1) is 0 Å². The largest absolute Gasteiger partial charge is 0.496 e. The fourth-order valence-electron chi connectivity index (χ4n) is 1.79. The summed E-state index contributed by atoms with van der Waals surface area (Å²) >= 11 is 9.52. The highest BCUT2D eigenvalue weighted by Gasteiger charge is 2.08. The third-order valence-electron chi connectivity index (χ3n) is 2.82. The number of benzene rings is 2. The number of methoxy groups -OCH3 is 1. The number of hydrogen-bond donors (Lipinski definition) is 1. The SMILES string of the molecule is COc1ccc(COc2c(Cl)cccc2CO)cc1Br. The Morgan fingerprint density at radius 2 is 2.05 bits per heavy atom. The summed E-state index contributed by atoms with van der Waals surface area (Å²) in [4.78, 5) is 0. The molecule has 106 valence electrons. The van der Waals surface area contributed by atoms with E-state index in [1.807, 2.05) is 18.2 Å². The molecule has 0 atom stereocenters. The van der Waals surface area contributed by atoms with Gasteiger partial charge in [-0.2, -0.15) is 0 Å². The van der Waals surface area contributed by atoms with E-state index in [4.69, 9.17) is 21.1 Å². The summed E-state index contributed by atoms with van der Waals surface area (Å²) in [5.74, 6) is 1.28. The first-order valence-corrected chi connectivity index (χ1v) is 7.16. The number of halogens is 2. The van der Waals surface area contributed by atoms with Crippen molar-refractivity contribution in [3.8, 4) is 11.5 Å². The molecule has 2 aromatic carbocycles. The lowest BCUT2D eigenvalue weighted by molar-refractivity contribution is 0.259. The quantitative estimate of drug-likeness (QED) is 0.872. The maximum atomic E-state index is 9.29. The van der Waals surface area contributed by atoms with E-state index in [-0.39, 0.29) is 6.61 Å². The van der Waals surface area contributed by atoms with Gasteiger partial charge < -0.3 is 14.6 Å². The lowest BCUT2D eigenvalue weighted by atomic mass is 10.2. The maximum Gasteiger partial charge on any atom is 0.143 e. The van der Waals surface area contributed by atoms with Crippen molar-refractivity contribution in [1.29, 1.82) is 0 Å². The fourth-order valence-corrected chi connectivity index (χ4v) is 2.63. The van der Waals surface area contributed by atoms with Gasteiger partial charge in [-0.25, -0.2) is 0 Å².